The molecule has 2 nitrogen and oxygen atoms in total. The predicted molar refractivity (Wildman–Crippen MR) is 41.5 cm³/mol. The second-order valence-corrected chi connectivity index (χ2v) is 3.75. The van der Waals surface area contributed by atoms with Crippen LogP contribution in [0.3, 0.4) is 0 Å². The smallest absolute Gasteiger partial charge is 0.0361 e. The molecule has 0 amide bonds. The van der Waals surface area contributed by atoms with Gasteiger partial charge in [-0.15, -0.1) is 0 Å². The van der Waals surface area contributed by atoms with Crippen LogP contribution in [-0.2, 0) is 0 Å². The van der Waals surface area contributed by atoms with Gasteiger partial charge < -0.3 is 0 Å². The molecule has 2 unspecified atom stereocenters. The molecule has 0 aromatic carbocycles. The second kappa shape index (κ2) is 2.21. The molecule has 58 valence electrons. The molecule has 2 atom stereocenters. The summed E-state index contributed by atoms with van der Waals surface area (Å²) in [5, 5.41) is 0. The van der Waals surface area contributed by atoms with E-state index in [4.69, 9.17) is 0 Å². The highest BCUT2D eigenvalue weighted by atomic mass is 15.4. The van der Waals surface area contributed by atoms with Gasteiger partial charge in [0.2, 0.25) is 0 Å². The van der Waals surface area contributed by atoms with Gasteiger partial charge in [0.25, 0.3) is 0 Å². The molecule has 1 heterocycles. The van der Waals surface area contributed by atoms with Crippen LogP contribution in [0.5, 0.6) is 0 Å². The third-order valence-corrected chi connectivity index (χ3v) is 3.24. The molecule has 1 spiro atoms. The summed E-state index contributed by atoms with van der Waals surface area (Å²) in [6.07, 6.45) is 5.53. The molecule has 2 heteroatoms. The van der Waals surface area contributed by atoms with Crippen molar-refractivity contribution in [2.24, 2.45) is 5.92 Å². The minimum Gasteiger partial charge on any atom is -0.257 e. The second-order valence-electron chi connectivity index (χ2n) is 3.75. The van der Waals surface area contributed by atoms with Crippen LogP contribution < -0.4 is 10.9 Å². The summed E-state index contributed by atoms with van der Waals surface area (Å²) in [5.74, 6) is 0.877. The lowest BCUT2D eigenvalue weighted by molar-refractivity contribution is 0.285. The standard InChI is InChI=1S/C8H16N2/c1-7-3-2-4-8(7)5-6-9-10-8/h7,9-10H,2-6H2,1H3. The van der Waals surface area contributed by atoms with Gasteiger partial charge in [-0.25, -0.2) is 0 Å². The van der Waals surface area contributed by atoms with Gasteiger partial charge in [-0.1, -0.05) is 13.3 Å². The average Bonchev–Trinajstić information content (AvgIpc) is 2.48. The Labute approximate surface area is 62.4 Å². The minimum atomic E-state index is 0.486. The Hall–Kier alpha value is -0.0800. The highest BCUT2D eigenvalue weighted by molar-refractivity contribution is 4.99. The van der Waals surface area contributed by atoms with E-state index in [0.717, 1.165) is 12.5 Å². The number of nitrogens with one attached hydrogen (secondary N) is 2. The maximum absolute atomic E-state index is 3.43. The van der Waals surface area contributed by atoms with Crippen molar-refractivity contribution in [3.63, 3.8) is 0 Å². The zero-order valence-electron chi connectivity index (χ0n) is 6.61. The quantitative estimate of drug-likeness (QED) is 0.525. The Morgan fingerprint density at radius 2 is 2.30 bits per heavy atom. The van der Waals surface area contributed by atoms with Crippen molar-refractivity contribution in [2.75, 3.05) is 6.54 Å². The van der Waals surface area contributed by atoms with Gasteiger partial charge >= 0.3 is 0 Å². The van der Waals surface area contributed by atoms with Crippen molar-refractivity contribution in [3.8, 4) is 0 Å². The van der Waals surface area contributed by atoms with Crippen LogP contribution in [0.1, 0.15) is 32.6 Å². The zero-order valence-corrected chi connectivity index (χ0v) is 6.61. The van der Waals surface area contributed by atoms with E-state index in [-0.39, 0.29) is 0 Å². The molecular formula is C8H16N2. The van der Waals surface area contributed by atoms with E-state index in [2.05, 4.69) is 17.8 Å². The van der Waals surface area contributed by atoms with Crippen LogP contribution in [0.15, 0.2) is 0 Å². The molecule has 2 aliphatic rings. The summed E-state index contributed by atoms with van der Waals surface area (Å²) < 4.78 is 0. The normalized spacial score (nSPS) is 47.1. The first-order valence-electron chi connectivity index (χ1n) is 4.33. The first-order valence-corrected chi connectivity index (χ1v) is 4.33. The maximum atomic E-state index is 3.43. The molecule has 2 N–H and O–H groups in total. The Bertz CT molecular complexity index is 122. The van der Waals surface area contributed by atoms with Gasteiger partial charge in [0, 0.05) is 12.1 Å². The first-order chi connectivity index (χ1) is 4.83. The monoisotopic (exact) mass is 140 g/mol. The van der Waals surface area contributed by atoms with E-state index in [1.165, 1.54) is 25.7 Å². The third-order valence-electron chi connectivity index (χ3n) is 3.24. The van der Waals surface area contributed by atoms with E-state index < -0.39 is 0 Å². The van der Waals surface area contributed by atoms with Crippen LogP contribution in [0.4, 0.5) is 0 Å². The van der Waals surface area contributed by atoms with Crippen LogP contribution in [0, 0.1) is 5.92 Å². The molecule has 1 saturated heterocycles. The molecule has 0 radical (unpaired) electrons. The molecule has 10 heavy (non-hydrogen) atoms. The molecule has 2 rings (SSSR count). The fourth-order valence-electron chi connectivity index (χ4n) is 2.39. The minimum absolute atomic E-state index is 0.486. The Morgan fingerprint density at radius 1 is 1.40 bits per heavy atom. The summed E-state index contributed by atoms with van der Waals surface area (Å²) in [7, 11) is 0. The topological polar surface area (TPSA) is 24.1 Å². The number of hydrazine groups is 1. The molecule has 0 bridgehead atoms. The Kier molecular flexibility index (Phi) is 1.46. The molecule has 1 saturated carbocycles. The zero-order chi connectivity index (χ0) is 7.03. The van der Waals surface area contributed by atoms with Gasteiger partial charge in [0.15, 0.2) is 0 Å². The summed E-state index contributed by atoms with van der Waals surface area (Å²) >= 11 is 0. The van der Waals surface area contributed by atoms with Gasteiger partial charge in [-0.3, -0.25) is 10.9 Å². The third kappa shape index (κ3) is 0.789. The van der Waals surface area contributed by atoms with Gasteiger partial charge in [-0.05, 0) is 25.2 Å². The van der Waals surface area contributed by atoms with Gasteiger partial charge in [-0.2, -0.15) is 0 Å². The highest BCUT2D eigenvalue weighted by Crippen LogP contribution is 2.38. The Morgan fingerprint density at radius 3 is 2.80 bits per heavy atom. The molecule has 0 aromatic rings. The lowest BCUT2D eigenvalue weighted by atomic mass is 9.87. The van der Waals surface area contributed by atoms with Gasteiger partial charge in [0.05, 0.1) is 0 Å². The van der Waals surface area contributed by atoms with E-state index in [1.54, 1.807) is 0 Å². The van der Waals surface area contributed by atoms with Crippen LogP contribution in [0.2, 0.25) is 0 Å². The van der Waals surface area contributed by atoms with E-state index >= 15 is 0 Å². The van der Waals surface area contributed by atoms with Gasteiger partial charge in [0.1, 0.15) is 0 Å². The largest absolute Gasteiger partial charge is 0.257 e. The van der Waals surface area contributed by atoms with E-state index in [9.17, 15) is 0 Å². The predicted octanol–water partition coefficient (Wildman–Crippen LogP) is 1.04. The van der Waals surface area contributed by atoms with Crippen molar-refractivity contribution in [3.05, 3.63) is 0 Å². The summed E-state index contributed by atoms with van der Waals surface area (Å²) in [4.78, 5) is 0. The van der Waals surface area contributed by atoms with Crippen molar-refractivity contribution in [2.45, 2.75) is 38.1 Å². The lowest BCUT2D eigenvalue weighted by Crippen LogP contribution is -2.45. The molecular weight excluding hydrogens is 124 g/mol. The fourth-order valence-corrected chi connectivity index (χ4v) is 2.39. The molecule has 1 aliphatic heterocycles. The summed E-state index contributed by atoms with van der Waals surface area (Å²) in [6, 6.07) is 0. The van der Waals surface area contributed by atoms with E-state index in [1.807, 2.05) is 0 Å². The number of rotatable bonds is 0. The lowest BCUT2D eigenvalue weighted by Gasteiger charge is -2.27. The molecule has 2 fully saturated rings. The van der Waals surface area contributed by atoms with Crippen molar-refractivity contribution >= 4 is 0 Å². The van der Waals surface area contributed by atoms with Crippen molar-refractivity contribution in [1.29, 1.82) is 0 Å². The van der Waals surface area contributed by atoms with Crippen LogP contribution in [-0.4, -0.2) is 12.1 Å². The van der Waals surface area contributed by atoms with Crippen molar-refractivity contribution in [1.82, 2.24) is 10.9 Å². The number of hydrogen-bond donors (Lipinski definition) is 2. The number of hydrogen-bond acceptors (Lipinski definition) is 2. The molecule has 1 aliphatic carbocycles. The van der Waals surface area contributed by atoms with Crippen LogP contribution >= 0.6 is 0 Å². The van der Waals surface area contributed by atoms with E-state index in [0.29, 0.717) is 5.54 Å². The highest BCUT2D eigenvalue weighted by Gasteiger charge is 2.41. The average molecular weight is 140 g/mol. The van der Waals surface area contributed by atoms with Crippen molar-refractivity contribution < 1.29 is 0 Å². The summed E-state index contributed by atoms with van der Waals surface area (Å²) in [5.41, 5.74) is 7.15. The SMILES string of the molecule is CC1CCCC12CCNN2. The summed E-state index contributed by atoms with van der Waals surface area (Å²) in [6.45, 7) is 3.53. The maximum Gasteiger partial charge on any atom is 0.0361 e. The fraction of sp³-hybridized carbons (Fsp3) is 1.00. The van der Waals surface area contributed by atoms with Crippen LogP contribution in [0.25, 0.3) is 0 Å². The first kappa shape index (κ1) is 6.62. The Balaban J connectivity index is 2.11. The molecule has 0 aromatic heterocycles.